The van der Waals surface area contributed by atoms with Crippen molar-refractivity contribution in [2.45, 2.75) is 13.2 Å². The molecule has 0 bridgehead atoms. The van der Waals surface area contributed by atoms with Crippen LogP contribution in [-0.4, -0.2) is 32.1 Å². The van der Waals surface area contributed by atoms with Crippen molar-refractivity contribution in [3.05, 3.63) is 53.1 Å². The van der Waals surface area contributed by atoms with Crippen LogP contribution in [0.15, 0.2) is 30.6 Å². The Morgan fingerprint density at radius 2 is 2.05 bits per heavy atom. The quantitative estimate of drug-likeness (QED) is 0.635. The lowest BCUT2D eigenvalue weighted by Gasteiger charge is -2.05. The monoisotopic (exact) mass is 275 g/mol. The Bertz CT molecular complexity index is 636. The van der Waals surface area contributed by atoms with E-state index in [1.807, 2.05) is 0 Å². The predicted molar refractivity (Wildman–Crippen MR) is 69.1 cm³/mol. The van der Waals surface area contributed by atoms with Gasteiger partial charge < -0.3 is 20.5 Å². The number of hydrogen-bond acceptors (Lipinski definition) is 4. The number of aromatic carboxylic acids is 1. The number of amides is 1. The maximum absolute atomic E-state index is 11.9. The molecule has 0 radical (unpaired) electrons. The van der Waals surface area contributed by atoms with Crippen molar-refractivity contribution in [3.8, 4) is 0 Å². The molecule has 0 fully saturated rings. The summed E-state index contributed by atoms with van der Waals surface area (Å²) in [5.74, 6) is -1.81. The van der Waals surface area contributed by atoms with Crippen molar-refractivity contribution >= 4 is 11.9 Å². The molecule has 0 unspecified atom stereocenters. The largest absolute Gasteiger partial charge is 0.477 e. The molecule has 1 amide bonds. The molecule has 20 heavy (non-hydrogen) atoms. The molecular formula is C13H13N3O4. The zero-order valence-electron chi connectivity index (χ0n) is 10.5. The van der Waals surface area contributed by atoms with Gasteiger partial charge in [-0.1, -0.05) is 24.3 Å². The Balaban J connectivity index is 2.05. The van der Waals surface area contributed by atoms with Gasteiger partial charge in [-0.15, -0.1) is 0 Å². The maximum Gasteiger partial charge on any atom is 0.354 e. The van der Waals surface area contributed by atoms with Gasteiger partial charge in [-0.3, -0.25) is 4.79 Å². The van der Waals surface area contributed by atoms with Gasteiger partial charge in [0.25, 0.3) is 5.91 Å². The van der Waals surface area contributed by atoms with Crippen LogP contribution in [0, 0.1) is 0 Å². The number of aliphatic hydroxyl groups excluding tert-OH is 1. The van der Waals surface area contributed by atoms with Gasteiger partial charge in [-0.2, -0.15) is 0 Å². The summed E-state index contributed by atoms with van der Waals surface area (Å²) in [6, 6.07) is 7.08. The Labute approximate surface area is 114 Å². The number of hydrogen-bond donors (Lipinski definition) is 4. The second-order valence-electron chi connectivity index (χ2n) is 4.09. The van der Waals surface area contributed by atoms with E-state index in [4.69, 9.17) is 10.2 Å². The van der Waals surface area contributed by atoms with Crippen molar-refractivity contribution in [2.75, 3.05) is 0 Å². The minimum atomic E-state index is -1.24. The number of carbonyl (C=O) groups is 2. The molecule has 0 saturated carbocycles. The molecule has 0 aliphatic carbocycles. The molecule has 0 spiro atoms. The number of benzene rings is 1. The molecule has 2 aromatic rings. The van der Waals surface area contributed by atoms with E-state index in [1.54, 1.807) is 24.3 Å². The van der Waals surface area contributed by atoms with E-state index < -0.39 is 11.9 Å². The molecule has 1 heterocycles. The fourth-order valence-corrected chi connectivity index (χ4v) is 1.73. The highest BCUT2D eigenvalue weighted by atomic mass is 16.4. The standard InChI is InChI=1S/C13H13N3O4/c17-6-9-3-1-2-8(4-9)5-14-12(18)10-11(13(19)20)16-7-15-10/h1-4,7,17H,5-6H2,(H,14,18)(H,15,16)(H,19,20). The van der Waals surface area contributed by atoms with Gasteiger partial charge in [-0.05, 0) is 11.1 Å². The first-order valence-corrected chi connectivity index (χ1v) is 5.85. The van der Waals surface area contributed by atoms with Crippen LogP contribution in [0.2, 0.25) is 0 Å². The summed E-state index contributed by atoms with van der Waals surface area (Å²) >= 11 is 0. The molecule has 0 aliphatic heterocycles. The van der Waals surface area contributed by atoms with Gasteiger partial charge in [0.2, 0.25) is 0 Å². The molecule has 7 heteroatoms. The second kappa shape index (κ2) is 5.98. The van der Waals surface area contributed by atoms with E-state index in [-0.39, 0.29) is 24.5 Å². The summed E-state index contributed by atoms with van der Waals surface area (Å²) in [7, 11) is 0. The van der Waals surface area contributed by atoms with Crippen molar-refractivity contribution < 1.29 is 19.8 Å². The van der Waals surface area contributed by atoms with Gasteiger partial charge in [-0.25, -0.2) is 9.78 Å². The number of carboxylic acid groups (broad SMARTS) is 1. The summed E-state index contributed by atoms with van der Waals surface area (Å²) in [6.07, 6.45) is 1.16. The summed E-state index contributed by atoms with van der Waals surface area (Å²) in [4.78, 5) is 28.8. The fourth-order valence-electron chi connectivity index (χ4n) is 1.73. The topological polar surface area (TPSA) is 115 Å². The van der Waals surface area contributed by atoms with E-state index >= 15 is 0 Å². The zero-order chi connectivity index (χ0) is 14.5. The number of H-pyrrole nitrogens is 1. The van der Waals surface area contributed by atoms with Gasteiger partial charge in [0, 0.05) is 6.54 Å². The molecule has 4 N–H and O–H groups in total. The molecule has 104 valence electrons. The molecule has 0 atom stereocenters. The van der Waals surface area contributed by atoms with Crippen LogP contribution in [0.1, 0.15) is 32.1 Å². The lowest BCUT2D eigenvalue weighted by molar-refractivity contribution is 0.0685. The summed E-state index contributed by atoms with van der Waals surface area (Å²) in [5, 5.41) is 20.5. The van der Waals surface area contributed by atoms with Crippen LogP contribution < -0.4 is 5.32 Å². The zero-order valence-corrected chi connectivity index (χ0v) is 10.5. The van der Waals surface area contributed by atoms with Crippen molar-refractivity contribution in [3.63, 3.8) is 0 Å². The maximum atomic E-state index is 11.9. The predicted octanol–water partition coefficient (Wildman–Crippen LogP) is 0.530. The number of aromatic amines is 1. The number of imidazole rings is 1. The van der Waals surface area contributed by atoms with Crippen molar-refractivity contribution in [1.82, 2.24) is 15.3 Å². The second-order valence-corrected chi connectivity index (χ2v) is 4.09. The van der Waals surface area contributed by atoms with Crippen LogP contribution >= 0.6 is 0 Å². The fraction of sp³-hybridized carbons (Fsp3) is 0.154. The average molecular weight is 275 g/mol. The van der Waals surface area contributed by atoms with E-state index in [0.29, 0.717) is 0 Å². The third-order valence-corrected chi connectivity index (χ3v) is 2.70. The molecule has 1 aromatic heterocycles. The molecule has 1 aromatic carbocycles. The Hall–Kier alpha value is -2.67. The number of nitrogens with zero attached hydrogens (tertiary/aromatic N) is 1. The minimum absolute atomic E-state index is 0.0791. The third-order valence-electron chi connectivity index (χ3n) is 2.70. The Morgan fingerprint density at radius 3 is 2.75 bits per heavy atom. The summed E-state index contributed by atoms with van der Waals surface area (Å²) < 4.78 is 0. The van der Waals surface area contributed by atoms with Crippen LogP contribution in [0.3, 0.4) is 0 Å². The smallest absolute Gasteiger partial charge is 0.354 e. The SMILES string of the molecule is O=C(NCc1cccc(CO)c1)c1nc[nH]c1C(=O)O. The highest BCUT2D eigenvalue weighted by Gasteiger charge is 2.19. The Morgan fingerprint density at radius 1 is 1.30 bits per heavy atom. The van der Waals surface area contributed by atoms with E-state index in [2.05, 4.69) is 15.3 Å². The van der Waals surface area contributed by atoms with Crippen LogP contribution in [-0.2, 0) is 13.2 Å². The first-order valence-electron chi connectivity index (χ1n) is 5.85. The van der Waals surface area contributed by atoms with Gasteiger partial charge in [0.05, 0.1) is 12.9 Å². The van der Waals surface area contributed by atoms with E-state index in [1.165, 1.54) is 0 Å². The summed E-state index contributed by atoms with van der Waals surface area (Å²) in [6.45, 7) is 0.142. The lowest BCUT2D eigenvalue weighted by atomic mass is 10.1. The number of aliphatic hydroxyl groups is 1. The summed E-state index contributed by atoms with van der Waals surface area (Å²) in [5.41, 5.74) is 1.14. The molecular weight excluding hydrogens is 262 g/mol. The van der Waals surface area contributed by atoms with Crippen LogP contribution in [0.4, 0.5) is 0 Å². The molecule has 2 rings (SSSR count). The van der Waals surface area contributed by atoms with Crippen LogP contribution in [0.25, 0.3) is 0 Å². The first kappa shape index (κ1) is 13.8. The van der Waals surface area contributed by atoms with E-state index in [0.717, 1.165) is 17.5 Å². The van der Waals surface area contributed by atoms with Gasteiger partial charge in [0.1, 0.15) is 0 Å². The minimum Gasteiger partial charge on any atom is -0.477 e. The number of carbonyl (C=O) groups excluding carboxylic acids is 1. The Kier molecular flexibility index (Phi) is 4.11. The van der Waals surface area contributed by atoms with Crippen molar-refractivity contribution in [1.29, 1.82) is 0 Å². The molecule has 0 saturated heterocycles. The number of rotatable bonds is 5. The highest BCUT2D eigenvalue weighted by molar-refractivity contribution is 6.02. The van der Waals surface area contributed by atoms with E-state index in [9.17, 15) is 9.59 Å². The number of carboxylic acids is 1. The number of aromatic nitrogens is 2. The first-order chi connectivity index (χ1) is 9.61. The third kappa shape index (κ3) is 3.01. The molecule has 7 nitrogen and oxygen atoms in total. The average Bonchev–Trinajstić information content (AvgIpc) is 2.94. The highest BCUT2D eigenvalue weighted by Crippen LogP contribution is 2.06. The van der Waals surface area contributed by atoms with Gasteiger partial charge in [0.15, 0.2) is 11.4 Å². The lowest BCUT2D eigenvalue weighted by Crippen LogP contribution is -2.25. The van der Waals surface area contributed by atoms with Crippen LogP contribution in [0.5, 0.6) is 0 Å². The van der Waals surface area contributed by atoms with Gasteiger partial charge >= 0.3 is 5.97 Å². The molecule has 0 aliphatic rings. The normalized spacial score (nSPS) is 10.2. The number of nitrogens with one attached hydrogen (secondary N) is 2. The van der Waals surface area contributed by atoms with Crippen molar-refractivity contribution in [2.24, 2.45) is 0 Å².